The quantitative estimate of drug-likeness (QED) is 0.447. The number of rotatable bonds is 4. The predicted octanol–water partition coefficient (Wildman–Crippen LogP) is 5.06. The van der Waals surface area contributed by atoms with Gasteiger partial charge < -0.3 is 19.9 Å². The molecule has 4 aromatic rings. The molecule has 0 radical (unpaired) electrons. The van der Waals surface area contributed by atoms with Crippen LogP contribution in [0.1, 0.15) is 29.0 Å². The molecule has 6 heteroatoms. The number of nitrogens with zero attached hydrogens (tertiary/aromatic N) is 3. The van der Waals surface area contributed by atoms with Crippen molar-refractivity contribution >= 4 is 23.0 Å². The molecule has 2 N–H and O–H groups in total. The Labute approximate surface area is 186 Å². The third kappa shape index (κ3) is 3.55. The number of phenolic OH excluding ortho intramolecular Hbond substituents is 1. The van der Waals surface area contributed by atoms with Crippen LogP contribution in [0.3, 0.4) is 0 Å². The molecule has 2 aromatic carbocycles. The lowest BCUT2D eigenvalue weighted by Crippen LogP contribution is -2.30. The van der Waals surface area contributed by atoms with Crippen molar-refractivity contribution in [2.45, 2.75) is 19.0 Å². The zero-order chi connectivity index (χ0) is 21.4. The summed E-state index contributed by atoms with van der Waals surface area (Å²) >= 11 is 5.78. The topological polar surface area (TPSA) is 53.3 Å². The van der Waals surface area contributed by atoms with E-state index in [0.29, 0.717) is 5.11 Å². The van der Waals surface area contributed by atoms with E-state index in [-0.39, 0.29) is 17.8 Å². The van der Waals surface area contributed by atoms with Gasteiger partial charge in [0.05, 0.1) is 11.7 Å². The second kappa shape index (κ2) is 7.89. The van der Waals surface area contributed by atoms with E-state index in [4.69, 9.17) is 12.2 Å². The molecule has 5 rings (SSSR count). The van der Waals surface area contributed by atoms with Gasteiger partial charge in [-0.3, -0.25) is 4.98 Å². The van der Waals surface area contributed by atoms with Crippen LogP contribution in [-0.4, -0.2) is 19.8 Å². The summed E-state index contributed by atoms with van der Waals surface area (Å²) in [6.07, 6.45) is 3.88. The molecule has 31 heavy (non-hydrogen) atoms. The molecule has 1 saturated heterocycles. The van der Waals surface area contributed by atoms with Gasteiger partial charge in [-0.05, 0) is 79.8 Å². The largest absolute Gasteiger partial charge is 0.508 e. The summed E-state index contributed by atoms with van der Waals surface area (Å²) < 4.78 is 2.20. The normalized spacial score (nSPS) is 18.2. The van der Waals surface area contributed by atoms with E-state index in [9.17, 15) is 5.11 Å². The van der Waals surface area contributed by atoms with Gasteiger partial charge in [0.25, 0.3) is 0 Å². The molecular weight excluding hydrogens is 404 g/mol. The number of nitrogens with one attached hydrogen (secondary N) is 1. The first-order valence-electron chi connectivity index (χ1n) is 10.2. The van der Waals surface area contributed by atoms with E-state index in [1.807, 2.05) is 30.3 Å². The minimum absolute atomic E-state index is 0.122. The summed E-state index contributed by atoms with van der Waals surface area (Å²) in [6, 6.07) is 25.5. The van der Waals surface area contributed by atoms with E-state index in [2.05, 4.69) is 69.3 Å². The van der Waals surface area contributed by atoms with Gasteiger partial charge in [0, 0.05) is 29.5 Å². The van der Waals surface area contributed by atoms with Crippen molar-refractivity contribution in [1.82, 2.24) is 14.9 Å². The summed E-state index contributed by atoms with van der Waals surface area (Å²) in [4.78, 5) is 6.72. The minimum atomic E-state index is -0.124. The Hall–Kier alpha value is -3.64. The van der Waals surface area contributed by atoms with Gasteiger partial charge in [0.15, 0.2) is 5.11 Å². The third-order valence-corrected chi connectivity index (χ3v) is 5.94. The molecule has 0 unspecified atom stereocenters. The Morgan fingerprint density at radius 1 is 0.903 bits per heavy atom. The average molecular weight is 427 g/mol. The highest BCUT2D eigenvalue weighted by Crippen LogP contribution is 2.42. The van der Waals surface area contributed by atoms with E-state index >= 15 is 0 Å². The Bertz CT molecular complexity index is 1200. The molecule has 0 spiro atoms. The average Bonchev–Trinajstić information content (AvgIpc) is 3.40. The number of aromatic nitrogens is 2. The summed E-state index contributed by atoms with van der Waals surface area (Å²) in [6.45, 7) is 2.09. The van der Waals surface area contributed by atoms with Gasteiger partial charge >= 0.3 is 0 Å². The maximum absolute atomic E-state index is 9.78. The zero-order valence-electron chi connectivity index (χ0n) is 17.0. The number of benzene rings is 2. The number of hydrogen-bond donors (Lipinski definition) is 2. The first-order valence-corrected chi connectivity index (χ1v) is 10.6. The van der Waals surface area contributed by atoms with E-state index < -0.39 is 0 Å². The number of anilines is 1. The van der Waals surface area contributed by atoms with Crippen LogP contribution in [-0.2, 0) is 0 Å². The molecule has 154 valence electrons. The lowest BCUT2D eigenvalue weighted by Gasteiger charge is -2.29. The number of pyridine rings is 1. The van der Waals surface area contributed by atoms with E-state index in [1.165, 1.54) is 5.56 Å². The Kier molecular flexibility index (Phi) is 4.92. The highest BCUT2D eigenvalue weighted by atomic mass is 32.1. The number of phenols is 1. The third-order valence-electron chi connectivity index (χ3n) is 5.62. The second-order valence-electron chi connectivity index (χ2n) is 7.65. The van der Waals surface area contributed by atoms with Crippen LogP contribution in [0.15, 0.2) is 91.3 Å². The molecular formula is C25H22N4OS. The van der Waals surface area contributed by atoms with Gasteiger partial charge in [-0.1, -0.05) is 23.8 Å². The van der Waals surface area contributed by atoms with Crippen LogP contribution in [0, 0.1) is 6.92 Å². The van der Waals surface area contributed by atoms with Gasteiger partial charge in [-0.25, -0.2) is 0 Å². The van der Waals surface area contributed by atoms with Gasteiger partial charge in [-0.2, -0.15) is 0 Å². The van der Waals surface area contributed by atoms with Crippen LogP contribution in [0.4, 0.5) is 5.69 Å². The predicted molar refractivity (Wildman–Crippen MR) is 127 cm³/mol. The zero-order valence-corrected chi connectivity index (χ0v) is 17.8. The van der Waals surface area contributed by atoms with E-state index in [0.717, 1.165) is 22.8 Å². The highest BCUT2D eigenvalue weighted by molar-refractivity contribution is 7.80. The fourth-order valence-corrected chi connectivity index (χ4v) is 4.47. The maximum atomic E-state index is 9.78. The summed E-state index contributed by atoms with van der Waals surface area (Å²) in [5.41, 5.74) is 5.25. The van der Waals surface area contributed by atoms with Crippen LogP contribution < -0.4 is 10.2 Å². The first kappa shape index (κ1) is 19.3. The number of hydrogen-bond acceptors (Lipinski definition) is 3. The minimum Gasteiger partial charge on any atom is -0.508 e. The fraction of sp³-hybridized carbons (Fsp3) is 0.120. The standard InChI is InChI=1S/C25H22N4OS/c1-17-7-9-18(10-8-17)28-16-4-6-22(28)24-23(21-5-2-3-15-26-21)27-25(31)29(24)19-11-13-20(30)14-12-19/h2-16,23-24,30H,1H3,(H,27,31)/t23-,24-/m1/s1. The van der Waals surface area contributed by atoms with Crippen molar-refractivity contribution in [2.24, 2.45) is 0 Å². The van der Waals surface area contributed by atoms with Crippen molar-refractivity contribution < 1.29 is 5.11 Å². The number of thiocarbonyl (C=S) groups is 1. The lowest BCUT2D eigenvalue weighted by atomic mass is 10.0. The first-order chi connectivity index (χ1) is 15.1. The number of aryl methyl sites for hydroxylation is 1. The summed E-state index contributed by atoms with van der Waals surface area (Å²) in [7, 11) is 0. The van der Waals surface area contributed by atoms with Crippen molar-refractivity contribution in [3.8, 4) is 11.4 Å². The monoisotopic (exact) mass is 426 g/mol. The highest BCUT2D eigenvalue weighted by Gasteiger charge is 2.42. The molecule has 5 nitrogen and oxygen atoms in total. The van der Waals surface area contributed by atoms with Crippen molar-refractivity contribution in [3.05, 3.63) is 108 Å². The second-order valence-corrected chi connectivity index (χ2v) is 8.04. The van der Waals surface area contributed by atoms with Crippen molar-refractivity contribution in [3.63, 3.8) is 0 Å². The van der Waals surface area contributed by atoms with Gasteiger partial charge in [0.2, 0.25) is 0 Å². The fourth-order valence-electron chi connectivity index (χ4n) is 4.12. The van der Waals surface area contributed by atoms with Crippen LogP contribution >= 0.6 is 12.2 Å². The smallest absolute Gasteiger partial charge is 0.174 e. The molecule has 2 atom stereocenters. The van der Waals surface area contributed by atoms with Gasteiger partial charge in [-0.15, -0.1) is 0 Å². The molecule has 3 heterocycles. The van der Waals surface area contributed by atoms with Gasteiger partial charge in [0.1, 0.15) is 11.8 Å². The molecule has 1 aliphatic heterocycles. The summed E-state index contributed by atoms with van der Waals surface area (Å²) in [5, 5.41) is 13.9. The number of aromatic hydroxyl groups is 1. The Morgan fingerprint density at radius 3 is 2.35 bits per heavy atom. The Balaban J connectivity index is 1.66. The molecule has 0 amide bonds. The molecule has 0 saturated carbocycles. The van der Waals surface area contributed by atoms with Crippen LogP contribution in [0.2, 0.25) is 0 Å². The van der Waals surface area contributed by atoms with Crippen LogP contribution in [0.5, 0.6) is 5.75 Å². The van der Waals surface area contributed by atoms with Crippen molar-refractivity contribution in [2.75, 3.05) is 4.90 Å². The van der Waals surface area contributed by atoms with Crippen molar-refractivity contribution in [1.29, 1.82) is 0 Å². The van der Waals surface area contributed by atoms with Crippen LogP contribution in [0.25, 0.3) is 5.69 Å². The SMILES string of the molecule is Cc1ccc(-n2cccc2[C@@H]2[C@@H](c3ccccn3)NC(=S)N2c2ccc(O)cc2)cc1. The molecule has 1 aliphatic rings. The lowest BCUT2D eigenvalue weighted by molar-refractivity contribution is 0.475. The van der Waals surface area contributed by atoms with E-state index in [1.54, 1.807) is 18.3 Å². The Morgan fingerprint density at radius 2 is 1.65 bits per heavy atom. The molecule has 0 bridgehead atoms. The molecule has 0 aliphatic carbocycles. The summed E-state index contributed by atoms with van der Waals surface area (Å²) in [5.74, 6) is 0.225. The maximum Gasteiger partial charge on any atom is 0.174 e. The molecule has 2 aromatic heterocycles. The molecule has 1 fully saturated rings.